The van der Waals surface area contributed by atoms with Gasteiger partial charge in [0.05, 0.1) is 12.2 Å². The molecule has 0 radical (unpaired) electrons. The van der Waals surface area contributed by atoms with Crippen LogP contribution in [0.3, 0.4) is 0 Å². The Morgan fingerprint density at radius 3 is 2.38 bits per heavy atom. The predicted octanol–water partition coefficient (Wildman–Crippen LogP) is 2.05. The SMILES string of the molecule is CCOC(=O)c1c(C(F)(F)F)nc(C(F)F)c(-n2nn[nH]c2=O)c1CC. The summed E-state index contributed by atoms with van der Waals surface area (Å²) >= 11 is 0. The molecule has 142 valence electrons. The van der Waals surface area contributed by atoms with Gasteiger partial charge >= 0.3 is 17.8 Å². The minimum absolute atomic E-state index is 0.255. The van der Waals surface area contributed by atoms with Crippen LogP contribution in [0, 0.1) is 0 Å². The normalized spacial score (nSPS) is 11.8. The molecule has 8 nitrogen and oxygen atoms in total. The number of halogens is 5. The highest BCUT2D eigenvalue weighted by Crippen LogP contribution is 2.38. The number of hydrogen-bond donors (Lipinski definition) is 1. The second kappa shape index (κ2) is 7.17. The molecule has 0 amide bonds. The summed E-state index contributed by atoms with van der Waals surface area (Å²) in [6.45, 7) is 2.43. The molecule has 2 rings (SSSR count). The van der Waals surface area contributed by atoms with Gasteiger partial charge in [-0.3, -0.25) is 0 Å². The number of carbonyl (C=O) groups excluding carboxylic acids is 1. The minimum Gasteiger partial charge on any atom is -0.462 e. The van der Waals surface area contributed by atoms with Crippen molar-refractivity contribution in [1.29, 1.82) is 0 Å². The van der Waals surface area contributed by atoms with Crippen LogP contribution < -0.4 is 5.69 Å². The molecule has 13 heteroatoms. The van der Waals surface area contributed by atoms with Gasteiger partial charge < -0.3 is 4.74 Å². The van der Waals surface area contributed by atoms with Crippen molar-refractivity contribution >= 4 is 5.97 Å². The first-order valence-corrected chi connectivity index (χ1v) is 7.23. The number of tetrazole rings is 1. The van der Waals surface area contributed by atoms with Crippen molar-refractivity contribution in [2.75, 3.05) is 6.61 Å². The van der Waals surface area contributed by atoms with Gasteiger partial charge in [-0.2, -0.15) is 17.9 Å². The summed E-state index contributed by atoms with van der Waals surface area (Å²) in [5, 5.41) is 8.23. The van der Waals surface area contributed by atoms with E-state index in [1.165, 1.54) is 13.8 Å². The maximum atomic E-state index is 13.4. The topological polar surface area (TPSA) is 103 Å². The van der Waals surface area contributed by atoms with Crippen LogP contribution in [0.15, 0.2) is 4.79 Å². The van der Waals surface area contributed by atoms with Crippen LogP contribution in [0.1, 0.15) is 47.6 Å². The van der Waals surface area contributed by atoms with E-state index >= 15 is 0 Å². The molecule has 0 unspecified atom stereocenters. The van der Waals surface area contributed by atoms with Crippen molar-refractivity contribution in [1.82, 2.24) is 25.2 Å². The average Bonchev–Trinajstić information content (AvgIpc) is 2.97. The molecule has 0 aliphatic heterocycles. The van der Waals surface area contributed by atoms with E-state index in [-0.39, 0.29) is 13.0 Å². The monoisotopic (exact) mass is 381 g/mol. The second-order valence-corrected chi connectivity index (χ2v) is 4.84. The first-order chi connectivity index (χ1) is 12.1. The van der Waals surface area contributed by atoms with E-state index in [1.54, 1.807) is 0 Å². The zero-order chi connectivity index (χ0) is 19.6. The molecule has 0 saturated heterocycles. The van der Waals surface area contributed by atoms with Crippen molar-refractivity contribution in [3.8, 4) is 5.69 Å². The number of ether oxygens (including phenoxy) is 1. The Balaban J connectivity index is 3.00. The summed E-state index contributed by atoms with van der Waals surface area (Å²) in [6, 6.07) is 0. The van der Waals surface area contributed by atoms with E-state index in [0.717, 1.165) is 0 Å². The number of carbonyl (C=O) groups is 1. The molecule has 26 heavy (non-hydrogen) atoms. The van der Waals surface area contributed by atoms with E-state index in [2.05, 4.69) is 20.1 Å². The molecule has 0 atom stereocenters. The second-order valence-electron chi connectivity index (χ2n) is 4.84. The van der Waals surface area contributed by atoms with E-state index < -0.39 is 52.5 Å². The third-order valence-electron chi connectivity index (χ3n) is 3.29. The summed E-state index contributed by atoms with van der Waals surface area (Å²) in [5.74, 6) is -1.40. The lowest BCUT2D eigenvalue weighted by molar-refractivity contribution is -0.142. The third-order valence-corrected chi connectivity index (χ3v) is 3.29. The van der Waals surface area contributed by atoms with Crippen LogP contribution in [0.25, 0.3) is 5.69 Å². The Morgan fingerprint density at radius 1 is 1.31 bits per heavy atom. The number of hydrogen-bond acceptors (Lipinski definition) is 6. The number of H-pyrrole nitrogens is 1. The van der Waals surface area contributed by atoms with E-state index in [0.29, 0.717) is 4.68 Å². The summed E-state index contributed by atoms with van der Waals surface area (Å²) in [5.41, 5.74) is -6.54. The lowest BCUT2D eigenvalue weighted by Gasteiger charge is -2.20. The summed E-state index contributed by atoms with van der Waals surface area (Å²) in [7, 11) is 0. The molecular formula is C13H12F5N5O3. The molecule has 0 aliphatic carbocycles. The van der Waals surface area contributed by atoms with Crippen molar-refractivity contribution in [3.63, 3.8) is 0 Å². The molecule has 0 aliphatic rings. The minimum atomic E-state index is -5.21. The van der Waals surface area contributed by atoms with Gasteiger partial charge in [0, 0.05) is 0 Å². The van der Waals surface area contributed by atoms with Gasteiger partial charge in [0.1, 0.15) is 11.4 Å². The number of nitrogens with one attached hydrogen (secondary N) is 1. The highest BCUT2D eigenvalue weighted by atomic mass is 19.4. The molecule has 2 aromatic heterocycles. The average molecular weight is 381 g/mol. The number of rotatable bonds is 5. The van der Waals surface area contributed by atoms with Crippen LogP contribution in [0.2, 0.25) is 0 Å². The standard InChI is InChI=1S/C13H12F5N5O3/c1-3-5-6(11(24)26-4-2)9(13(16,17)18)19-7(10(14)15)8(5)23-12(25)20-21-22-23/h10H,3-4H2,1-2H3,(H,20,22,25). The summed E-state index contributed by atoms with van der Waals surface area (Å²) < 4.78 is 71.8. The summed E-state index contributed by atoms with van der Waals surface area (Å²) in [6.07, 6.45) is -8.99. The van der Waals surface area contributed by atoms with Gasteiger partial charge in [0.25, 0.3) is 6.43 Å². The fourth-order valence-corrected chi connectivity index (χ4v) is 2.35. The van der Waals surface area contributed by atoms with Gasteiger partial charge in [0.2, 0.25) is 0 Å². The fraction of sp³-hybridized carbons (Fsp3) is 0.462. The number of aromatic nitrogens is 5. The van der Waals surface area contributed by atoms with Crippen LogP contribution >= 0.6 is 0 Å². The first kappa shape index (κ1) is 19.5. The number of pyridine rings is 1. The Labute approximate surface area is 142 Å². The van der Waals surface area contributed by atoms with Crippen LogP contribution in [0.4, 0.5) is 22.0 Å². The fourth-order valence-electron chi connectivity index (χ4n) is 2.35. The number of aromatic amines is 1. The molecule has 1 N–H and O–H groups in total. The number of alkyl halides is 5. The Bertz CT molecular complexity index is 874. The highest BCUT2D eigenvalue weighted by Gasteiger charge is 2.42. The molecule has 0 saturated carbocycles. The Kier molecular flexibility index (Phi) is 5.37. The maximum Gasteiger partial charge on any atom is 0.434 e. The molecule has 2 aromatic rings. The van der Waals surface area contributed by atoms with Crippen LogP contribution in [-0.4, -0.2) is 37.8 Å². The summed E-state index contributed by atoms with van der Waals surface area (Å²) in [4.78, 5) is 26.8. The van der Waals surface area contributed by atoms with Gasteiger partial charge in [0.15, 0.2) is 5.69 Å². The molecule has 2 heterocycles. The van der Waals surface area contributed by atoms with Crippen molar-refractivity contribution < 1.29 is 31.5 Å². The van der Waals surface area contributed by atoms with Gasteiger partial charge in [-0.1, -0.05) is 6.92 Å². The van der Waals surface area contributed by atoms with Crippen LogP contribution in [0.5, 0.6) is 0 Å². The predicted molar refractivity (Wildman–Crippen MR) is 75.1 cm³/mol. The Morgan fingerprint density at radius 2 is 1.96 bits per heavy atom. The largest absolute Gasteiger partial charge is 0.462 e. The zero-order valence-corrected chi connectivity index (χ0v) is 13.4. The Hall–Kier alpha value is -2.86. The quantitative estimate of drug-likeness (QED) is 0.628. The maximum absolute atomic E-state index is 13.4. The molecule has 0 spiro atoms. The van der Waals surface area contributed by atoms with Gasteiger partial charge in [-0.15, -0.1) is 0 Å². The third kappa shape index (κ3) is 3.41. The van der Waals surface area contributed by atoms with E-state index in [9.17, 15) is 31.5 Å². The first-order valence-electron chi connectivity index (χ1n) is 7.23. The molecule has 0 fully saturated rings. The van der Waals surface area contributed by atoms with Crippen molar-refractivity contribution in [2.45, 2.75) is 32.9 Å². The zero-order valence-electron chi connectivity index (χ0n) is 13.4. The lowest BCUT2D eigenvalue weighted by atomic mass is 9.99. The smallest absolute Gasteiger partial charge is 0.434 e. The molecule has 0 bridgehead atoms. The van der Waals surface area contributed by atoms with E-state index in [4.69, 9.17) is 0 Å². The van der Waals surface area contributed by atoms with E-state index in [1.807, 2.05) is 5.10 Å². The van der Waals surface area contributed by atoms with Crippen LogP contribution in [-0.2, 0) is 17.3 Å². The molecule has 0 aromatic carbocycles. The lowest BCUT2D eigenvalue weighted by Crippen LogP contribution is -2.26. The molecular weight excluding hydrogens is 369 g/mol. The van der Waals surface area contributed by atoms with Crippen molar-refractivity contribution in [2.24, 2.45) is 0 Å². The van der Waals surface area contributed by atoms with Crippen molar-refractivity contribution in [3.05, 3.63) is 33.0 Å². The number of nitrogens with zero attached hydrogens (tertiary/aromatic N) is 4. The number of esters is 1. The van der Waals surface area contributed by atoms with Gasteiger partial charge in [-0.25, -0.2) is 28.5 Å². The highest BCUT2D eigenvalue weighted by molar-refractivity contribution is 5.94. The van der Waals surface area contributed by atoms with Gasteiger partial charge in [-0.05, 0) is 29.3 Å².